The second-order valence-electron chi connectivity index (χ2n) is 6.85. The van der Waals surface area contributed by atoms with Crippen LogP contribution in [0.1, 0.15) is 34.8 Å². The third-order valence-corrected chi connectivity index (χ3v) is 4.90. The average Bonchev–Trinajstić information content (AvgIpc) is 3.35. The van der Waals surface area contributed by atoms with Gasteiger partial charge in [0.2, 0.25) is 0 Å². The summed E-state index contributed by atoms with van der Waals surface area (Å²) in [6.45, 7) is 2.65. The van der Waals surface area contributed by atoms with Crippen molar-refractivity contribution in [3.63, 3.8) is 0 Å². The maximum Gasteiger partial charge on any atom is 0.256 e. The van der Waals surface area contributed by atoms with E-state index in [1.54, 1.807) is 17.2 Å². The van der Waals surface area contributed by atoms with E-state index in [0.29, 0.717) is 18.2 Å². The molecule has 4 rings (SSSR count). The maximum atomic E-state index is 12.6. The van der Waals surface area contributed by atoms with Crippen LogP contribution in [-0.2, 0) is 6.54 Å². The largest absolute Gasteiger partial charge is 0.307 e. The summed E-state index contributed by atoms with van der Waals surface area (Å²) in [5.74, 6) is 0.603. The van der Waals surface area contributed by atoms with Crippen LogP contribution in [0.15, 0.2) is 42.9 Å². The molecule has 0 saturated carbocycles. The first kappa shape index (κ1) is 17.3. The molecule has 1 aromatic carbocycles. The number of carbonyl (C=O) groups is 1. The number of rotatable bonds is 5. The number of likely N-dealkylation sites (tertiary alicyclic amines) is 1. The lowest BCUT2D eigenvalue weighted by atomic mass is 10.1. The Morgan fingerprint density at radius 1 is 1.19 bits per heavy atom. The number of nitrogens with zero attached hydrogens (tertiary/aromatic N) is 7. The monoisotopic (exact) mass is 366 g/mol. The van der Waals surface area contributed by atoms with E-state index in [4.69, 9.17) is 0 Å². The quantitative estimate of drug-likeness (QED) is 0.734. The second kappa shape index (κ2) is 7.67. The molecule has 1 aliphatic heterocycles. The van der Waals surface area contributed by atoms with Crippen LogP contribution in [0.3, 0.4) is 0 Å². The van der Waals surface area contributed by atoms with E-state index in [-0.39, 0.29) is 5.91 Å². The first-order valence-corrected chi connectivity index (χ1v) is 9.02. The summed E-state index contributed by atoms with van der Waals surface area (Å²) < 4.78 is 3.58. The van der Waals surface area contributed by atoms with Crippen molar-refractivity contribution in [2.45, 2.75) is 25.4 Å². The zero-order valence-electron chi connectivity index (χ0n) is 15.2. The smallest absolute Gasteiger partial charge is 0.256 e. The predicted molar refractivity (Wildman–Crippen MR) is 99.3 cm³/mol. The summed E-state index contributed by atoms with van der Waals surface area (Å²) in [6, 6.07) is 9.61. The Bertz CT molecular complexity index is 878. The Morgan fingerprint density at radius 3 is 2.67 bits per heavy atom. The number of tetrazole rings is 1. The van der Waals surface area contributed by atoms with Gasteiger partial charge in [0.05, 0.1) is 18.8 Å². The molecule has 27 heavy (non-hydrogen) atoms. The lowest BCUT2D eigenvalue weighted by Crippen LogP contribution is -2.32. The van der Waals surface area contributed by atoms with Gasteiger partial charge in [-0.25, -0.2) is 9.36 Å². The van der Waals surface area contributed by atoms with Gasteiger partial charge < -0.3 is 10.2 Å². The van der Waals surface area contributed by atoms with Crippen molar-refractivity contribution in [1.82, 2.24) is 34.9 Å². The van der Waals surface area contributed by atoms with E-state index < -0.39 is 0 Å². The van der Waals surface area contributed by atoms with Crippen LogP contribution in [-0.4, -0.2) is 60.9 Å². The molecular formula is C18H22N8O. The number of piperidine rings is 1. The van der Waals surface area contributed by atoms with E-state index in [2.05, 4.69) is 37.9 Å². The van der Waals surface area contributed by atoms with Gasteiger partial charge in [0, 0.05) is 11.6 Å². The van der Waals surface area contributed by atoms with Crippen LogP contribution in [0.5, 0.6) is 0 Å². The number of hydrogen-bond acceptors (Lipinski definition) is 6. The average molecular weight is 366 g/mol. The first-order chi connectivity index (χ1) is 13.2. The van der Waals surface area contributed by atoms with Crippen molar-refractivity contribution in [2.75, 3.05) is 25.5 Å². The van der Waals surface area contributed by atoms with Crippen molar-refractivity contribution in [2.24, 2.45) is 0 Å². The zero-order chi connectivity index (χ0) is 18.6. The summed E-state index contributed by atoms with van der Waals surface area (Å²) in [5.41, 5.74) is 1.63. The van der Waals surface area contributed by atoms with Crippen LogP contribution in [0.25, 0.3) is 0 Å². The predicted octanol–water partition coefficient (Wildman–Crippen LogP) is 1.44. The maximum absolute atomic E-state index is 12.6. The normalized spacial score (nSPS) is 15.7. The van der Waals surface area contributed by atoms with Gasteiger partial charge >= 0.3 is 0 Å². The fraction of sp³-hybridized carbons (Fsp3) is 0.389. The third kappa shape index (κ3) is 4.03. The first-order valence-electron chi connectivity index (χ1n) is 9.02. The minimum atomic E-state index is -0.140. The molecular weight excluding hydrogens is 344 g/mol. The van der Waals surface area contributed by atoms with E-state index in [9.17, 15) is 4.79 Å². The van der Waals surface area contributed by atoms with Gasteiger partial charge in [0.1, 0.15) is 12.1 Å². The molecule has 1 N–H and O–H groups in total. The number of carbonyl (C=O) groups excluding carboxylic acids is 1. The van der Waals surface area contributed by atoms with Gasteiger partial charge in [0.15, 0.2) is 0 Å². The highest BCUT2D eigenvalue weighted by Gasteiger charge is 2.21. The minimum absolute atomic E-state index is 0.140. The van der Waals surface area contributed by atoms with Crippen LogP contribution in [0, 0.1) is 0 Å². The summed E-state index contributed by atoms with van der Waals surface area (Å²) in [5, 5.41) is 18.5. The molecule has 1 fully saturated rings. The van der Waals surface area contributed by atoms with Crippen molar-refractivity contribution in [3.05, 3.63) is 54.0 Å². The van der Waals surface area contributed by atoms with Crippen LogP contribution in [0.4, 0.5) is 5.82 Å². The molecule has 1 saturated heterocycles. The Balaban J connectivity index is 1.41. The standard InChI is InChI=1S/C18H22N8O/c1-24-10-7-16(8-11-24)26-17(6-9-20-26)21-18(27)15-4-2-14(3-5-15)12-25-13-19-22-23-25/h2-6,9,13,16H,7-8,10-12H2,1H3,(H,21,27). The van der Waals surface area contributed by atoms with Gasteiger partial charge in [-0.05, 0) is 61.1 Å². The number of anilines is 1. The number of benzene rings is 1. The lowest BCUT2D eigenvalue weighted by Gasteiger charge is -2.30. The van der Waals surface area contributed by atoms with Gasteiger partial charge in [-0.1, -0.05) is 12.1 Å². The molecule has 1 amide bonds. The minimum Gasteiger partial charge on any atom is -0.307 e. The molecule has 9 heteroatoms. The molecule has 0 spiro atoms. The second-order valence-corrected chi connectivity index (χ2v) is 6.85. The van der Waals surface area contributed by atoms with Crippen molar-refractivity contribution in [3.8, 4) is 0 Å². The molecule has 2 aromatic heterocycles. The number of nitrogens with one attached hydrogen (secondary N) is 1. The van der Waals surface area contributed by atoms with Crippen LogP contribution >= 0.6 is 0 Å². The molecule has 0 radical (unpaired) electrons. The summed E-state index contributed by atoms with van der Waals surface area (Å²) in [4.78, 5) is 14.9. The van der Waals surface area contributed by atoms with E-state index in [0.717, 1.165) is 37.3 Å². The van der Waals surface area contributed by atoms with Gasteiger partial charge in [0.25, 0.3) is 5.91 Å². The molecule has 3 heterocycles. The van der Waals surface area contributed by atoms with E-state index in [1.807, 2.05) is 35.0 Å². The molecule has 9 nitrogen and oxygen atoms in total. The molecule has 0 bridgehead atoms. The highest BCUT2D eigenvalue weighted by Crippen LogP contribution is 2.25. The Labute approximate surface area is 157 Å². The Morgan fingerprint density at radius 2 is 1.96 bits per heavy atom. The fourth-order valence-corrected chi connectivity index (χ4v) is 3.33. The summed E-state index contributed by atoms with van der Waals surface area (Å²) in [7, 11) is 2.13. The lowest BCUT2D eigenvalue weighted by molar-refractivity contribution is 0.102. The SMILES string of the molecule is CN1CCC(n2nccc2NC(=O)c2ccc(Cn3cnnn3)cc2)CC1. The topological polar surface area (TPSA) is 93.8 Å². The molecule has 0 aliphatic carbocycles. The molecule has 0 atom stereocenters. The van der Waals surface area contributed by atoms with Gasteiger partial charge in [-0.2, -0.15) is 5.10 Å². The van der Waals surface area contributed by atoms with Crippen LogP contribution in [0.2, 0.25) is 0 Å². The number of hydrogen-bond donors (Lipinski definition) is 1. The fourth-order valence-electron chi connectivity index (χ4n) is 3.33. The van der Waals surface area contributed by atoms with E-state index >= 15 is 0 Å². The van der Waals surface area contributed by atoms with Gasteiger partial charge in [-0.3, -0.25) is 4.79 Å². The molecule has 3 aromatic rings. The highest BCUT2D eigenvalue weighted by molar-refractivity contribution is 6.03. The molecule has 1 aliphatic rings. The Kier molecular flexibility index (Phi) is 4.93. The summed E-state index contributed by atoms with van der Waals surface area (Å²) >= 11 is 0. The summed E-state index contributed by atoms with van der Waals surface area (Å²) in [6.07, 6.45) is 5.37. The van der Waals surface area contributed by atoms with E-state index in [1.165, 1.54) is 0 Å². The highest BCUT2D eigenvalue weighted by atomic mass is 16.1. The van der Waals surface area contributed by atoms with Gasteiger partial charge in [-0.15, -0.1) is 5.10 Å². The van der Waals surface area contributed by atoms with Crippen molar-refractivity contribution >= 4 is 11.7 Å². The number of amides is 1. The zero-order valence-corrected chi connectivity index (χ0v) is 15.2. The third-order valence-electron chi connectivity index (χ3n) is 4.90. The molecule has 0 unspecified atom stereocenters. The van der Waals surface area contributed by atoms with Crippen molar-refractivity contribution < 1.29 is 4.79 Å². The Hall–Kier alpha value is -3.07. The van der Waals surface area contributed by atoms with Crippen molar-refractivity contribution in [1.29, 1.82) is 0 Å². The molecule has 140 valence electrons. The number of aromatic nitrogens is 6. The van der Waals surface area contributed by atoms with Crippen LogP contribution < -0.4 is 5.32 Å².